The molecule has 1 saturated heterocycles. The Morgan fingerprint density at radius 1 is 1.27 bits per heavy atom. The zero-order valence-electron chi connectivity index (χ0n) is 14.4. The molecule has 1 fully saturated rings. The smallest absolute Gasteiger partial charge is 0.305 e. The normalized spacial score (nSPS) is 19.1. The van der Waals surface area contributed by atoms with Crippen molar-refractivity contribution in [3.63, 3.8) is 0 Å². The van der Waals surface area contributed by atoms with Crippen LogP contribution in [0.3, 0.4) is 0 Å². The number of rotatable bonds is 6. The number of nitrogens with one attached hydrogen (secondary N) is 1. The standard InChI is InChI=1S/C19H20N2O5/c1-25-16-4-2-13(3-5-16)14-8-15(11-20-10-14)18(24)21-19(9-17(22)23)6-7-26-12-19/h2-5,8,10-11H,6-7,9,12H2,1H3,(H,21,24)(H,22,23). The van der Waals surface area contributed by atoms with Gasteiger partial charge in [0, 0.05) is 24.6 Å². The second-order valence-electron chi connectivity index (χ2n) is 6.30. The molecule has 0 radical (unpaired) electrons. The Morgan fingerprint density at radius 2 is 2.04 bits per heavy atom. The lowest BCUT2D eigenvalue weighted by Crippen LogP contribution is -2.50. The molecule has 7 nitrogen and oxygen atoms in total. The van der Waals surface area contributed by atoms with Gasteiger partial charge in [0.2, 0.25) is 0 Å². The molecule has 7 heteroatoms. The van der Waals surface area contributed by atoms with Crippen LogP contribution in [0, 0.1) is 0 Å². The number of amides is 1. The van der Waals surface area contributed by atoms with Crippen LogP contribution in [0.1, 0.15) is 23.2 Å². The quantitative estimate of drug-likeness (QED) is 0.823. The summed E-state index contributed by atoms with van der Waals surface area (Å²) in [5.41, 5.74) is 1.18. The Kier molecular flexibility index (Phi) is 5.18. The summed E-state index contributed by atoms with van der Waals surface area (Å²) in [6, 6.07) is 9.16. The van der Waals surface area contributed by atoms with Gasteiger partial charge in [0.1, 0.15) is 5.75 Å². The number of aliphatic carboxylic acids is 1. The van der Waals surface area contributed by atoms with Crippen molar-refractivity contribution >= 4 is 11.9 Å². The summed E-state index contributed by atoms with van der Waals surface area (Å²) in [4.78, 5) is 27.9. The van der Waals surface area contributed by atoms with Crippen molar-refractivity contribution in [2.24, 2.45) is 0 Å². The number of pyridine rings is 1. The van der Waals surface area contributed by atoms with Gasteiger partial charge in [-0.15, -0.1) is 0 Å². The molecule has 2 heterocycles. The number of aromatic nitrogens is 1. The molecular weight excluding hydrogens is 336 g/mol. The van der Waals surface area contributed by atoms with E-state index in [2.05, 4.69) is 10.3 Å². The summed E-state index contributed by atoms with van der Waals surface area (Å²) in [5.74, 6) is -0.590. The van der Waals surface area contributed by atoms with Crippen molar-refractivity contribution in [2.45, 2.75) is 18.4 Å². The maximum Gasteiger partial charge on any atom is 0.305 e. The van der Waals surface area contributed by atoms with E-state index in [4.69, 9.17) is 14.6 Å². The van der Waals surface area contributed by atoms with E-state index in [0.717, 1.165) is 16.9 Å². The van der Waals surface area contributed by atoms with E-state index in [1.807, 2.05) is 24.3 Å². The van der Waals surface area contributed by atoms with Crippen molar-refractivity contribution < 1.29 is 24.2 Å². The fourth-order valence-electron chi connectivity index (χ4n) is 3.00. The van der Waals surface area contributed by atoms with E-state index in [0.29, 0.717) is 18.6 Å². The number of nitrogens with zero attached hydrogens (tertiary/aromatic N) is 1. The molecule has 1 unspecified atom stereocenters. The molecule has 2 aromatic rings. The maximum absolute atomic E-state index is 12.7. The minimum atomic E-state index is -0.971. The molecule has 0 saturated carbocycles. The third kappa shape index (κ3) is 4.00. The molecule has 26 heavy (non-hydrogen) atoms. The van der Waals surface area contributed by atoms with Crippen LogP contribution < -0.4 is 10.1 Å². The Bertz CT molecular complexity index is 798. The van der Waals surface area contributed by atoms with E-state index in [1.54, 1.807) is 19.4 Å². The van der Waals surface area contributed by atoms with Crippen molar-refractivity contribution in [3.05, 3.63) is 48.3 Å². The number of hydrogen-bond acceptors (Lipinski definition) is 5. The van der Waals surface area contributed by atoms with Crippen LogP contribution in [-0.2, 0) is 9.53 Å². The van der Waals surface area contributed by atoms with E-state index >= 15 is 0 Å². The van der Waals surface area contributed by atoms with Gasteiger partial charge in [-0.05, 0) is 30.2 Å². The first-order chi connectivity index (χ1) is 12.5. The number of ether oxygens (including phenoxy) is 2. The lowest BCUT2D eigenvalue weighted by atomic mass is 9.93. The SMILES string of the molecule is COc1ccc(-c2cncc(C(=O)NC3(CC(=O)O)CCOC3)c2)cc1. The summed E-state index contributed by atoms with van der Waals surface area (Å²) >= 11 is 0. The molecule has 0 bridgehead atoms. The van der Waals surface area contributed by atoms with Gasteiger partial charge in [-0.3, -0.25) is 14.6 Å². The highest BCUT2D eigenvalue weighted by Gasteiger charge is 2.38. The number of carbonyl (C=O) groups excluding carboxylic acids is 1. The molecule has 1 aliphatic rings. The predicted molar refractivity (Wildman–Crippen MR) is 94.1 cm³/mol. The Morgan fingerprint density at radius 3 is 2.65 bits per heavy atom. The number of benzene rings is 1. The molecule has 2 N–H and O–H groups in total. The molecule has 1 amide bonds. The molecule has 1 aliphatic heterocycles. The zero-order valence-corrected chi connectivity index (χ0v) is 14.4. The molecule has 1 aromatic carbocycles. The fourth-order valence-corrected chi connectivity index (χ4v) is 3.00. The minimum absolute atomic E-state index is 0.176. The summed E-state index contributed by atoms with van der Waals surface area (Å²) < 4.78 is 10.5. The number of carboxylic acids is 1. The Labute approximate surface area is 151 Å². The summed E-state index contributed by atoms with van der Waals surface area (Å²) in [6.07, 6.45) is 3.43. The predicted octanol–water partition coefficient (Wildman–Crippen LogP) is 2.12. The first-order valence-electron chi connectivity index (χ1n) is 8.23. The first-order valence-corrected chi connectivity index (χ1v) is 8.23. The van der Waals surface area contributed by atoms with Crippen LogP contribution in [0.2, 0.25) is 0 Å². The topological polar surface area (TPSA) is 97.8 Å². The second kappa shape index (κ2) is 7.53. The van der Waals surface area contributed by atoms with Crippen LogP contribution in [0.5, 0.6) is 5.75 Å². The van der Waals surface area contributed by atoms with Crippen molar-refractivity contribution in [3.8, 4) is 16.9 Å². The van der Waals surface area contributed by atoms with Crippen LogP contribution >= 0.6 is 0 Å². The molecule has 1 aromatic heterocycles. The summed E-state index contributed by atoms with van der Waals surface area (Å²) in [5, 5.41) is 12.0. The number of carbonyl (C=O) groups is 2. The largest absolute Gasteiger partial charge is 0.497 e. The van der Waals surface area contributed by atoms with Crippen LogP contribution in [0.25, 0.3) is 11.1 Å². The Balaban J connectivity index is 1.80. The van der Waals surface area contributed by atoms with E-state index < -0.39 is 11.5 Å². The highest BCUT2D eigenvalue weighted by molar-refractivity contribution is 5.95. The van der Waals surface area contributed by atoms with Gasteiger partial charge in [0.25, 0.3) is 5.91 Å². The highest BCUT2D eigenvalue weighted by Crippen LogP contribution is 2.25. The monoisotopic (exact) mass is 356 g/mol. The summed E-state index contributed by atoms with van der Waals surface area (Å²) in [7, 11) is 1.60. The summed E-state index contributed by atoms with van der Waals surface area (Å²) in [6.45, 7) is 0.619. The van der Waals surface area contributed by atoms with Gasteiger partial charge < -0.3 is 19.9 Å². The zero-order chi connectivity index (χ0) is 18.6. The highest BCUT2D eigenvalue weighted by atomic mass is 16.5. The maximum atomic E-state index is 12.7. The van der Waals surface area contributed by atoms with Crippen molar-refractivity contribution in [2.75, 3.05) is 20.3 Å². The molecule has 0 spiro atoms. The van der Waals surface area contributed by atoms with Crippen LogP contribution in [-0.4, -0.2) is 47.8 Å². The van der Waals surface area contributed by atoms with Crippen LogP contribution in [0.15, 0.2) is 42.7 Å². The number of carboxylic acid groups (broad SMARTS) is 1. The van der Waals surface area contributed by atoms with Crippen LogP contribution in [0.4, 0.5) is 0 Å². The molecule has 1 atom stereocenters. The van der Waals surface area contributed by atoms with Crippen molar-refractivity contribution in [1.82, 2.24) is 10.3 Å². The lowest BCUT2D eigenvalue weighted by molar-refractivity contribution is -0.138. The second-order valence-corrected chi connectivity index (χ2v) is 6.30. The van der Waals surface area contributed by atoms with E-state index in [9.17, 15) is 9.59 Å². The fraction of sp³-hybridized carbons (Fsp3) is 0.316. The third-order valence-corrected chi connectivity index (χ3v) is 4.40. The van der Waals surface area contributed by atoms with Gasteiger partial charge >= 0.3 is 5.97 Å². The van der Waals surface area contributed by atoms with Gasteiger partial charge in [-0.25, -0.2) is 0 Å². The van der Waals surface area contributed by atoms with Gasteiger partial charge in [0.05, 0.1) is 31.2 Å². The molecule has 0 aliphatic carbocycles. The molecule has 136 valence electrons. The number of methoxy groups -OCH3 is 1. The lowest BCUT2D eigenvalue weighted by Gasteiger charge is -2.27. The minimum Gasteiger partial charge on any atom is -0.497 e. The first kappa shape index (κ1) is 17.9. The van der Waals surface area contributed by atoms with Gasteiger partial charge in [-0.1, -0.05) is 12.1 Å². The van der Waals surface area contributed by atoms with Gasteiger partial charge in [0.15, 0.2) is 0 Å². The number of hydrogen-bond donors (Lipinski definition) is 2. The Hall–Kier alpha value is -2.93. The third-order valence-electron chi connectivity index (χ3n) is 4.40. The van der Waals surface area contributed by atoms with E-state index in [-0.39, 0.29) is 18.9 Å². The molecular formula is C19H20N2O5. The van der Waals surface area contributed by atoms with Crippen molar-refractivity contribution in [1.29, 1.82) is 0 Å². The average molecular weight is 356 g/mol. The van der Waals surface area contributed by atoms with E-state index in [1.165, 1.54) is 6.20 Å². The molecule has 3 rings (SSSR count). The van der Waals surface area contributed by atoms with Gasteiger partial charge in [-0.2, -0.15) is 0 Å². The average Bonchev–Trinajstić information content (AvgIpc) is 3.09.